The molecule has 3 rings (SSSR count). The molecule has 0 N–H and O–H groups in total. The third-order valence-electron chi connectivity index (χ3n) is 3.22. The maximum absolute atomic E-state index is 12.2. The minimum absolute atomic E-state index is 0.199. The van der Waals surface area contributed by atoms with Gasteiger partial charge in [0.15, 0.2) is 11.5 Å². The Hall–Kier alpha value is -2.96. The van der Waals surface area contributed by atoms with Crippen molar-refractivity contribution in [3.63, 3.8) is 0 Å². The molecule has 1 aromatic carbocycles. The zero-order chi connectivity index (χ0) is 15.5. The van der Waals surface area contributed by atoms with Crippen LogP contribution in [0.4, 0.5) is 0 Å². The summed E-state index contributed by atoms with van der Waals surface area (Å²) in [6.07, 6.45) is 0. The molecular weight excluding hydrogens is 284 g/mol. The lowest BCUT2D eigenvalue weighted by Gasteiger charge is -2.13. The van der Waals surface area contributed by atoms with Gasteiger partial charge in [-0.25, -0.2) is 4.63 Å². The molecule has 3 aromatic rings. The average Bonchev–Trinajstić information content (AvgIpc) is 3.16. The van der Waals surface area contributed by atoms with Crippen LogP contribution in [0, 0.1) is 6.92 Å². The summed E-state index contributed by atoms with van der Waals surface area (Å²) < 4.78 is 9.83. The van der Waals surface area contributed by atoms with Crippen LogP contribution in [0.1, 0.15) is 21.9 Å². The van der Waals surface area contributed by atoms with Gasteiger partial charge in [0.05, 0.1) is 6.54 Å². The zero-order valence-electron chi connectivity index (χ0n) is 12.2. The summed E-state index contributed by atoms with van der Waals surface area (Å²) >= 11 is 0. The Kier molecular flexibility index (Phi) is 3.69. The van der Waals surface area contributed by atoms with Gasteiger partial charge in [-0.15, -0.1) is 0 Å². The molecule has 7 heteroatoms. The van der Waals surface area contributed by atoms with Gasteiger partial charge < -0.3 is 9.42 Å². The van der Waals surface area contributed by atoms with Gasteiger partial charge in [-0.1, -0.05) is 40.6 Å². The van der Waals surface area contributed by atoms with Gasteiger partial charge in [0, 0.05) is 18.7 Å². The second kappa shape index (κ2) is 5.80. The van der Waals surface area contributed by atoms with E-state index in [9.17, 15) is 4.79 Å². The third-order valence-corrected chi connectivity index (χ3v) is 3.22. The minimum Gasteiger partial charge on any atom is -0.359 e. The third kappa shape index (κ3) is 2.73. The summed E-state index contributed by atoms with van der Waals surface area (Å²) in [6, 6.07) is 11.5. The van der Waals surface area contributed by atoms with Gasteiger partial charge in [0.25, 0.3) is 5.91 Å². The Labute approximate surface area is 126 Å². The molecule has 22 heavy (non-hydrogen) atoms. The Balaban J connectivity index is 1.73. The molecule has 1 amide bonds. The Morgan fingerprint density at radius 2 is 1.95 bits per heavy atom. The van der Waals surface area contributed by atoms with Crippen LogP contribution in [0.15, 0.2) is 45.6 Å². The highest BCUT2D eigenvalue weighted by molar-refractivity contribution is 5.92. The molecule has 112 valence electrons. The van der Waals surface area contributed by atoms with Crippen molar-refractivity contribution in [2.24, 2.45) is 0 Å². The summed E-state index contributed by atoms with van der Waals surface area (Å²) in [5.74, 6) is 0.306. The molecule has 0 spiro atoms. The highest BCUT2D eigenvalue weighted by atomic mass is 16.6. The zero-order valence-corrected chi connectivity index (χ0v) is 12.2. The second-order valence-corrected chi connectivity index (χ2v) is 4.90. The van der Waals surface area contributed by atoms with Crippen molar-refractivity contribution in [2.75, 3.05) is 7.05 Å². The molecule has 0 fully saturated rings. The maximum atomic E-state index is 12.2. The standard InChI is InChI=1S/C15H14N4O3/c1-10-14(18-22-16-10)15(20)19(2)9-12-8-13(17-21-12)11-6-4-3-5-7-11/h3-8H,9H2,1-2H3. The van der Waals surface area contributed by atoms with Crippen molar-refractivity contribution < 1.29 is 13.9 Å². The first-order valence-corrected chi connectivity index (χ1v) is 6.71. The number of aromatic nitrogens is 3. The molecule has 0 saturated heterocycles. The maximum Gasteiger partial charge on any atom is 0.278 e. The first kappa shape index (κ1) is 14.0. The fourth-order valence-electron chi connectivity index (χ4n) is 2.04. The summed E-state index contributed by atoms with van der Waals surface area (Å²) in [4.78, 5) is 13.7. The van der Waals surface area contributed by atoms with Gasteiger partial charge >= 0.3 is 0 Å². The van der Waals surface area contributed by atoms with Crippen molar-refractivity contribution in [3.8, 4) is 11.3 Å². The van der Waals surface area contributed by atoms with Gasteiger partial charge in [0.2, 0.25) is 0 Å². The lowest BCUT2D eigenvalue weighted by Crippen LogP contribution is -2.26. The topological polar surface area (TPSA) is 85.3 Å². The Morgan fingerprint density at radius 1 is 1.18 bits per heavy atom. The van der Waals surface area contributed by atoms with Crippen molar-refractivity contribution >= 4 is 5.91 Å². The van der Waals surface area contributed by atoms with Crippen LogP contribution < -0.4 is 0 Å². The van der Waals surface area contributed by atoms with E-state index in [4.69, 9.17) is 4.52 Å². The number of carbonyl (C=O) groups is 1. The molecular formula is C15H14N4O3. The number of carbonyl (C=O) groups excluding carboxylic acids is 1. The lowest BCUT2D eigenvalue weighted by molar-refractivity contribution is 0.0760. The molecule has 0 aliphatic carbocycles. The number of benzene rings is 1. The van der Waals surface area contributed by atoms with Crippen LogP contribution >= 0.6 is 0 Å². The number of amides is 1. The molecule has 0 aliphatic heterocycles. The highest BCUT2D eigenvalue weighted by Gasteiger charge is 2.20. The van der Waals surface area contributed by atoms with E-state index < -0.39 is 0 Å². The number of rotatable bonds is 4. The van der Waals surface area contributed by atoms with Crippen LogP contribution in [0.5, 0.6) is 0 Å². The number of hydrogen-bond acceptors (Lipinski definition) is 6. The monoisotopic (exact) mass is 298 g/mol. The summed E-state index contributed by atoms with van der Waals surface area (Å²) in [5, 5.41) is 11.2. The Morgan fingerprint density at radius 3 is 2.64 bits per heavy atom. The van der Waals surface area contributed by atoms with E-state index in [1.54, 1.807) is 14.0 Å². The summed E-state index contributed by atoms with van der Waals surface area (Å²) in [5.41, 5.74) is 2.35. The molecule has 7 nitrogen and oxygen atoms in total. The number of hydrogen-bond donors (Lipinski definition) is 0. The number of aryl methyl sites for hydroxylation is 1. The Bertz CT molecular complexity index is 779. The van der Waals surface area contributed by atoms with Crippen LogP contribution in [-0.2, 0) is 6.54 Å². The first-order chi connectivity index (χ1) is 10.6. The van der Waals surface area contributed by atoms with E-state index in [0.717, 1.165) is 11.3 Å². The van der Waals surface area contributed by atoms with E-state index in [1.807, 2.05) is 36.4 Å². The van der Waals surface area contributed by atoms with E-state index in [-0.39, 0.29) is 18.1 Å². The molecule has 2 aromatic heterocycles. The van der Waals surface area contributed by atoms with Gasteiger partial charge in [-0.2, -0.15) is 0 Å². The minimum atomic E-state index is -0.281. The van der Waals surface area contributed by atoms with Crippen molar-refractivity contribution in [2.45, 2.75) is 13.5 Å². The normalized spacial score (nSPS) is 10.6. The highest BCUT2D eigenvalue weighted by Crippen LogP contribution is 2.19. The molecule has 0 aliphatic rings. The number of nitrogens with zero attached hydrogens (tertiary/aromatic N) is 4. The molecule has 0 bridgehead atoms. The predicted octanol–water partition coefficient (Wildman–Crippen LogP) is 2.31. The van der Waals surface area contributed by atoms with Gasteiger partial charge in [-0.05, 0) is 12.1 Å². The van der Waals surface area contributed by atoms with Crippen LogP contribution in [0.25, 0.3) is 11.3 Å². The molecule has 0 unspecified atom stereocenters. The SMILES string of the molecule is Cc1nonc1C(=O)N(C)Cc1cc(-c2ccccc2)no1. The smallest absolute Gasteiger partial charge is 0.278 e. The average molecular weight is 298 g/mol. The second-order valence-electron chi connectivity index (χ2n) is 4.90. The van der Waals surface area contributed by atoms with Crippen LogP contribution in [-0.4, -0.2) is 33.3 Å². The summed E-state index contributed by atoms with van der Waals surface area (Å²) in [6.45, 7) is 1.95. The fourth-order valence-corrected chi connectivity index (χ4v) is 2.04. The van der Waals surface area contributed by atoms with E-state index in [0.29, 0.717) is 11.5 Å². The molecule has 0 saturated carbocycles. The molecule has 0 radical (unpaired) electrons. The van der Waals surface area contributed by atoms with E-state index in [1.165, 1.54) is 4.90 Å². The molecule has 0 atom stereocenters. The lowest BCUT2D eigenvalue weighted by atomic mass is 10.1. The van der Waals surface area contributed by atoms with Crippen LogP contribution in [0.2, 0.25) is 0 Å². The first-order valence-electron chi connectivity index (χ1n) is 6.71. The molecule has 2 heterocycles. The van der Waals surface area contributed by atoms with Gasteiger partial charge in [0.1, 0.15) is 11.4 Å². The quantitative estimate of drug-likeness (QED) is 0.734. The van der Waals surface area contributed by atoms with Crippen molar-refractivity contribution in [3.05, 3.63) is 53.5 Å². The van der Waals surface area contributed by atoms with Crippen LogP contribution in [0.3, 0.4) is 0 Å². The largest absolute Gasteiger partial charge is 0.359 e. The summed E-state index contributed by atoms with van der Waals surface area (Å²) in [7, 11) is 1.65. The van der Waals surface area contributed by atoms with Crippen molar-refractivity contribution in [1.29, 1.82) is 0 Å². The van der Waals surface area contributed by atoms with Crippen molar-refractivity contribution in [1.82, 2.24) is 20.4 Å². The van der Waals surface area contributed by atoms with E-state index >= 15 is 0 Å². The van der Waals surface area contributed by atoms with E-state index in [2.05, 4.69) is 20.1 Å². The predicted molar refractivity (Wildman–Crippen MR) is 76.8 cm³/mol. The van der Waals surface area contributed by atoms with Gasteiger partial charge in [-0.3, -0.25) is 4.79 Å². The fraction of sp³-hybridized carbons (Fsp3) is 0.200.